The first-order valence-corrected chi connectivity index (χ1v) is 7.09. The van der Waals surface area contributed by atoms with Crippen molar-refractivity contribution in [3.05, 3.63) is 17.3 Å². The van der Waals surface area contributed by atoms with Crippen LogP contribution in [0.25, 0.3) is 0 Å². The summed E-state index contributed by atoms with van der Waals surface area (Å²) in [5.41, 5.74) is 6.44. The third-order valence-electron chi connectivity index (χ3n) is 3.49. The van der Waals surface area contributed by atoms with Gasteiger partial charge in [0.05, 0.1) is 23.9 Å². The number of carbonyl (C=O) groups is 1. The monoisotopic (exact) mass is 296 g/mol. The van der Waals surface area contributed by atoms with Gasteiger partial charge in [0.15, 0.2) is 5.82 Å². The van der Waals surface area contributed by atoms with Gasteiger partial charge in [-0.15, -0.1) is 0 Å². The minimum Gasteiger partial charge on any atom is -0.396 e. The highest BCUT2D eigenvalue weighted by Crippen LogP contribution is 2.27. The number of hydrogen-bond donors (Lipinski definition) is 2. The molecule has 1 unspecified atom stereocenters. The van der Waals surface area contributed by atoms with Gasteiger partial charge in [0.25, 0.3) is 0 Å². The topological polar surface area (TPSA) is 80.5 Å². The van der Waals surface area contributed by atoms with E-state index in [1.807, 2.05) is 4.90 Å². The minimum absolute atomic E-state index is 0.0247. The molecule has 1 saturated heterocycles. The Hall–Kier alpha value is -1.53. The van der Waals surface area contributed by atoms with Crippen molar-refractivity contribution in [1.82, 2.24) is 10.3 Å². The van der Waals surface area contributed by atoms with Crippen molar-refractivity contribution in [3.63, 3.8) is 0 Å². The van der Waals surface area contributed by atoms with Crippen LogP contribution in [0.4, 0.5) is 11.5 Å². The van der Waals surface area contributed by atoms with Crippen LogP contribution in [0.2, 0.25) is 5.02 Å². The molecule has 3 rings (SSSR count). The number of nitrogens with zero attached hydrogens (tertiary/aromatic N) is 2. The number of pyridine rings is 1. The highest BCUT2D eigenvalue weighted by molar-refractivity contribution is 6.30. The maximum absolute atomic E-state index is 12.3. The largest absolute Gasteiger partial charge is 0.396 e. The van der Waals surface area contributed by atoms with Gasteiger partial charge in [-0.2, -0.15) is 0 Å². The molecule has 2 aliphatic rings. The Bertz CT molecular complexity index is 521. The second-order valence-corrected chi connectivity index (χ2v) is 5.57. The number of ether oxygens (including phenoxy) is 1. The van der Waals surface area contributed by atoms with Crippen LogP contribution in [-0.4, -0.2) is 42.7 Å². The summed E-state index contributed by atoms with van der Waals surface area (Å²) in [6, 6.07) is 1.58. The van der Waals surface area contributed by atoms with Crippen molar-refractivity contribution in [2.45, 2.75) is 24.9 Å². The zero-order valence-electron chi connectivity index (χ0n) is 11.0. The number of carbonyl (C=O) groups excluding carboxylic acids is 1. The van der Waals surface area contributed by atoms with Crippen LogP contribution in [0.1, 0.15) is 12.8 Å². The highest BCUT2D eigenvalue weighted by atomic mass is 35.5. The van der Waals surface area contributed by atoms with E-state index in [4.69, 9.17) is 22.1 Å². The maximum atomic E-state index is 12.3. The molecular weight excluding hydrogens is 280 g/mol. The van der Waals surface area contributed by atoms with Gasteiger partial charge < -0.3 is 20.7 Å². The summed E-state index contributed by atoms with van der Waals surface area (Å²) < 4.78 is 5.42. The molecule has 108 valence electrons. The molecule has 1 aliphatic carbocycles. The van der Waals surface area contributed by atoms with E-state index in [1.165, 1.54) is 0 Å². The molecule has 0 bridgehead atoms. The molecule has 1 aliphatic heterocycles. The molecule has 6 nitrogen and oxygen atoms in total. The molecule has 0 spiro atoms. The third-order valence-corrected chi connectivity index (χ3v) is 3.70. The predicted molar refractivity (Wildman–Crippen MR) is 76.8 cm³/mol. The summed E-state index contributed by atoms with van der Waals surface area (Å²) in [4.78, 5) is 18.4. The molecule has 7 heteroatoms. The Morgan fingerprint density at radius 1 is 1.55 bits per heavy atom. The maximum Gasteiger partial charge on any atom is 0.245 e. The lowest BCUT2D eigenvalue weighted by molar-refractivity contribution is -0.124. The lowest BCUT2D eigenvalue weighted by Gasteiger charge is -2.36. The first-order chi connectivity index (χ1) is 9.65. The number of rotatable bonds is 3. The van der Waals surface area contributed by atoms with E-state index < -0.39 is 0 Å². The van der Waals surface area contributed by atoms with Crippen molar-refractivity contribution in [2.75, 3.05) is 30.4 Å². The number of anilines is 2. The van der Waals surface area contributed by atoms with Crippen LogP contribution in [0.5, 0.6) is 0 Å². The van der Waals surface area contributed by atoms with Crippen LogP contribution >= 0.6 is 11.6 Å². The van der Waals surface area contributed by atoms with E-state index in [-0.39, 0.29) is 11.9 Å². The predicted octanol–water partition coefficient (Wildman–Crippen LogP) is 0.801. The van der Waals surface area contributed by atoms with Crippen molar-refractivity contribution in [2.24, 2.45) is 0 Å². The molecule has 2 fully saturated rings. The quantitative estimate of drug-likeness (QED) is 0.862. The Balaban J connectivity index is 1.81. The number of nitrogen functional groups attached to an aromatic ring is 1. The second-order valence-electron chi connectivity index (χ2n) is 5.13. The van der Waals surface area contributed by atoms with Gasteiger partial charge in [-0.1, -0.05) is 11.6 Å². The van der Waals surface area contributed by atoms with Crippen LogP contribution in [0, 0.1) is 0 Å². The van der Waals surface area contributed by atoms with E-state index in [0.717, 1.165) is 12.8 Å². The zero-order chi connectivity index (χ0) is 14.1. The van der Waals surface area contributed by atoms with Gasteiger partial charge in [0.2, 0.25) is 5.91 Å². The molecule has 0 aromatic carbocycles. The summed E-state index contributed by atoms with van der Waals surface area (Å²) in [5.74, 6) is 0.567. The molecule has 1 aromatic rings. The normalized spacial score (nSPS) is 22.6. The third kappa shape index (κ3) is 2.81. The fourth-order valence-electron chi connectivity index (χ4n) is 2.29. The van der Waals surface area contributed by atoms with Gasteiger partial charge in [-0.3, -0.25) is 4.79 Å². The lowest BCUT2D eigenvalue weighted by atomic mass is 10.2. The van der Waals surface area contributed by atoms with Gasteiger partial charge in [-0.05, 0) is 18.9 Å². The number of aromatic nitrogens is 1. The van der Waals surface area contributed by atoms with E-state index in [9.17, 15) is 4.79 Å². The summed E-state index contributed by atoms with van der Waals surface area (Å²) in [7, 11) is 0. The number of morpholine rings is 1. The summed E-state index contributed by atoms with van der Waals surface area (Å²) in [5, 5.41) is 3.48. The van der Waals surface area contributed by atoms with E-state index in [2.05, 4.69) is 10.3 Å². The minimum atomic E-state index is -0.389. The second kappa shape index (κ2) is 5.46. The number of hydrogen-bond acceptors (Lipinski definition) is 5. The summed E-state index contributed by atoms with van der Waals surface area (Å²) >= 11 is 5.87. The van der Waals surface area contributed by atoms with Gasteiger partial charge in [0, 0.05) is 18.8 Å². The van der Waals surface area contributed by atoms with E-state index in [1.54, 1.807) is 12.3 Å². The molecule has 1 atom stereocenters. The van der Waals surface area contributed by atoms with Gasteiger partial charge >= 0.3 is 0 Å². The molecule has 1 aromatic heterocycles. The van der Waals surface area contributed by atoms with Crippen molar-refractivity contribution in [1.29, 1.82) is 0 Å². The average molecular weight is 297 g/mol. The molecule has 2 heterocycles. The Kier molecular flexibility index (Phi) is 3.67. The first-order valence-electron chi connectivity index (χ1n) is 6.71. The Morgan fingerprint density at radius 2 is 2.35 bits per heavy atom. The summed E-state index contributed by atoms with van der Waals surface area (Å²) in [6.07, 6.45) is 3.65. The summed E-state index contributed by atoms with van der Waals surface area (Å²) in [6.45, 7) is 1.49. The molecule has 1 amide bonds. The molecule has 20 heavy (non-hydrogen) atoms. The van der Waals surface area contributed by atoms with Crippen molar-refractivity contribution < 1.29 is 9.53 Å². The van der Waals surface area contributed by atoms with Gasteiger partial charge in [-0.25, -0.2) is 4.98 Å². The average Bonchev–Trinajstić information content (AvgIpc) is 3.23. The molecule has 3 N–H and O–H groups in total. The number of nitrogens with one attached hydrogen (secondary N) is 1. The van der Waals surface area contributed by atoms with Crippen molar-refractivity contribution >= 4 is 29.0 Å². The van der Waals surface area contributed by atoms with Gasteiger partial charge in [0.1, 0.15) is 6.04 Å². The standard InChI is InChI=1S/C13H17ClN4O2/c14-8-5-10(15)12(16-6-8)18-3-4-20-7-11(18)13(19)17-9-1-2-9/h5-6,9,11H,1-4,7,15H2,(H,17,19). The number of nitrogens with two attached hydrogens (primary N) is 1. The Labute approximate surface area is 122 Å². The lowest BCUT2D eigenvalue weighted by Crippen LogP contribution is -2.54. The van der Waals surface area contributed by atoms with Crippen LogP contribution in [0.3, 0.4) is 0 Å². The molecule has 1 saturated carbocycles. The van der Waals surface area contributed by atoms with Crippen LogP contribution < -0.4 is 16.0 Å². The van der Waals surface area contributed by atoms with Crippen LogP contribution in [-0.2, 0) is 9.53 Å². The number of halogens is 1. The zero-order valence-corrected chi connectivity index (χ0v) is 11.8. The molecular formula is C13H17ClN4O2. The Morgan fingerprint density at radius 3 is 3.05 bits per heavy atom. The first kappa shape index (κ1) is 13.5. The smallest absolute Gasteiger partial charge is 0.245 e. The fourth-order valence-corrected chi connectivity index (χ4v) is 2.45. The van der Waals surface area contributed by atoms with Crippen molar-refractivity contribution in [3.8, 4) is 0 Å². The highest BCUT2D eigenvalue weighted by Gasteiger charge is 2.34. The fraction of sp³-hybridized carbons (Fsp3) is 0.538. The SMILES string of the molecule is Nc1cc(Cl)cnc1N1CCOCC1C(=O)NC1CC1. The van der Waals surface area contributed by atoms with E-state index >= 15 is 0 Å². The molecule has 0 radical (unpaired) electrons. The number of amides is 1. The van der Waals surface area contributed by atoms with Crippen LogP contribution in [0.15, 0.2) is 12.3 Å². The van der Waals surface area contributed by atoms with E-state index in [0.29, 0.717) is 42.3 Å².